The molecule has 0 aromatic heterocycles. The molecule has 1 aromatic carbocycles. The van der Waals surface area contributed by atoms with Crippen LogP contribution in [0, 0.1) is 0 Å². The maximum atomic E-state index is 11.3. The molecule has 3 N–H and O–H groups in total. The molecule has 82 valence electrons. The van der Waals surface area contributed by atoms with E-state index in [9.17, 15) is 13.2 Å². The van der Waals surface area contributed by atoms with E-state index in [0.717, 1.165) is 6.26 Å². The molecular weight excluding hydrogens is 240 g/mol. The lowest BCUT2D eigenvalue weighted by molar-refractivity contribution is 0.0981. The lowest BCUT2D eigenvalue weighted by Crippen LogP contribution is -2.29. The first-order chi connectivity index (χ1) is 6.79. The van der Waals surface area contributed by atoms with Crippen LogP contribution in [-0.4, -0.2) is 20.6 Å². The first kappa shape index (κ1) is 11.8. The van der Waals surface area contributed by atoms with Crippen molar-refractivity contribution in [2.75, 3.05) is 12.0 Å². The lowest BCUT2D eigenvalue weighted by atomic mass is 10.2. The van der Waals surface area contributed by atoms with E-state index in [1.54, 1.807) is 0 Å². The number of carbonyl (C=O) groups excluding carboxylic acids is 1. The second kappa shape index (κ2) is 4.08. The van der Waals surface area contributed by atoms with E-state index in [1.165, 1.54) is 18.2 Å². The van der Waals surface area contributed by atoms with Crippen LogP contribution < -0.4 is 10.5 Å². The second-order valence-electron chi connectivity index (χ2n) is 2.94. The molecule has 1 aromatic rings. The molecule has 0 aliphatic carbocycles. The standard InChI is InChI=1S/C8H9ClN2O3S/c1-15(13,14)11-8(12)5-2-3-7(10)6(9)4-5/h2-4H,10H2,1H3,(H,11,12). The Hall–Kier alpha value is -1.27. The summed E-state index contributed by atoms with van der Waals surface area (Å²) in [5.74, 6) is -0.737. The molecule has 0 bridgehead atoms. The van der Waals surface area contributed by atoms with Gasteiger partial charge in [-0.25, -0.2) is 13.1 Å². The Balaban J connectivity index is 2.98. The van der Waals surface area contributed by atoms with Gasteiger partial charge in [0.15, 0.2) is 0 Å². The van der Waals surface area contributed by atoms with Gasteiger partial charge in [-0.2, -0.15) is 0 Å². The summed E-state index contributed by atoms with van der Waals surface area (Å²) in [6.07, 6.45) is 0.893. The summed E-state index contributed by atoms with van der Waals surface area (Å²) >= 11 is 5.67. The summed E-state index contributed by atoms with van der Waals surface area (Å²) in [5, 5.41) is 0.205. The summed E-state index contributed by atoms with van der Waals surface area (Å²) in [4.78, 5) is 11.3. The van der Waals surface area contributed by atoms with Crippen molar-refractivity contribution in [2.45, 2.75) is 0 Å². The van der Waals surface area contributed by atoms with E-state index >= 15 is 0 Å². The zero-order valence-corrected chi connectivity index (χ0v) is 9.39. The maximum Gasteiger partial charge on any atom is 0.264 e. The predicted octanol–water partition coefficient (Wildman–Crippen LogP) is 0.612. The van der Waals surface area contributed by atoms with Crippen LogP contribution in [0.3, 0.4) is 0 Å². The van der Waals surface area contributed by atoms with E-state index in [2.05, 4.69) is 0 Å². The van der Waals surface area contributed by atoms with Gasteiger partial charge in [-0.05, 0) is 18.2 Å². The summed E-state index contributed by atoms with van der Waals surface area (Å²) in [5.41, 5.74) is 5.90. The van der Waals surface area contributed by atoms with Crippen molar-refractivity contribution in [3.05, 3.63) is 28.8 Å². The highest BCUT2D eigenvalue weighted by atomic mass is 35.5. The van der Waals surface area contributed by atoms with Crippen molar-refractivity contribution in [3.63, 3.8) is 0 Å². The average molecular weight is 249 g/mol. The minimum atomic E-state index is -3.57. The molecule has 0 aliphatic heterocycles. The molecule has 0 unspecified atom stereocenters. The van der Waals surface area contributed by atoms with Gasteiger partial charge < -0.3 is 5.73 Å². The van der Waals surface area contributed by atoms with Crippen LogP contribution in [-0.2, 0) is 10.0 Å². The zero-order valence-electron chi connectivity index (χ0n) is 7.82. The summed E-state index contributed by atoms with van der Waals surface area (Å²) < 4.78 is 23.4. The van der Waals surface area contributed by atoms with Crippen LogP contribution >= 0.6 is 11.6 Å². The number of anilines is 1. The van der Waals surface area contributed by atoms with Crippen LogP contribution in [0.4, 0.5) is 5.69 Å². The van der Waals surface area contributed by atoms with E-state index in [-0.39, 0.29) is 10.6 Å². The Bertz CT molecular complexity index is 499. The highest BCUT2D eigenvalue weighted by molar-refractivity contribution is 7.89. The number of hydrogen-bond acceptors (Lipinski definition) is 4. The smallest absolute Gasteiger partial charge is 0.264 e. The number of hydrogen-bond donors (Lipinski definition) is 2. The zero-order chi connectivity index (χ0) is 11.6. The monoisotopic (exact) mass is 248 g/mol. The van der Waals surface area contributed by atoms with Gasteiger partial charge in [0, 0.05) is 5.56 Å². The SMILES string of the molecule is CS(=O)(=O)NC(=O)c1ccc(N)c(Cl)c1. The largest absolute Gasteiger partial charge is 0.398 e. The Kier molecular flexibility index (Phi) is 3.21. The van der Waals surface area contributed by atoms with Crippen molar-refractivity contribution < 1.29 is 13.2 Å². The maximum absolute atomic E-state index is 11.3. The summed E-state index contributed by atoms with van der Waals surface area (Å²) in [6.45, 7) is 0. The third-order valence-corrected chi connectivity index (χ3v) is 2.42. The molecule has 0 spiro atoms. The molecule has 0 fully saturated rings. The highest BCUT2D eigenvalue weighted by Crippen LogP contribution is 2.19. The van der Waals surface area contributed by atoms with E-state index < -0.39 is 15.9 Å². The second-order valence-corrected chi connectivity index (χ2v) is 5.10. The molecule has 1 amide bonds. The highest BCUT2D eigenvalue weighted by Gasteiger charge is 2.11. The van der Waals surface area contributed by atoms with E-state index in [1.807, 2.05) is 4.72 Å². The first-order valence-electron chi connectivity index (χ1n) is 3.87. The van der Waals surface area contributed by atoms with Gasteiger partial charge in [-0.1, -0.05) is 11.6 Å². The van der Waals surface area contributed by atoms with Crippen LogP contribution in [0.1, 0.15) is 10.4 Å². The van der Waals surface area contributed by atoms with Gasteiger partial charge in [0.05, 0.1) is 17.0 Å². The van der Waals surface area contributed by atoms with Crippen molar-refractivity contribution >= 4 is 33.2 Å². The number of nitrogen functional groups attached to an aromatic ring is 1. The number of rotatable bonds is 2. The minimum Gasteiger partial charge on any atom is -0.398 e. The predicted molar refractivity (Wildman–Crippen MR) is 58.2 cm³/mol. The van der Waals surface area contributed by atoms with Gasteiger partial charge in [0.1, 0.15) is 0 Å². The summed E-state index contributed by atoms with van der Waals surface area (Å²) in [6, 6.07) is 4.12. The number of nitrogens with one attached hydrogen (secondary N) is 1. The van der Waals surface area contributed by atoms with Gasteiger partial charge in [-0.15, -0.1) is 0 Å². The molecule has 0 saturated heterocycles. The average Bonchev–Trinajstić information content (AvgIpc) is 2.06. The molecule has 0 atom stereocenters. The van der Waals surface area contributed by atoms with Crippen LogP contribution in [0.5, 0.6) is 0 Å². The van der Waals surface area contributed by atoms with Crippen LogP contribution in [0.2, 0.25) is 5.02 Å². The Morgan fingerprint density at radius 1 is 1.47 bits per heavy atom. The van der Waals surface area contributed by atoms with E-state index in [4.69, 9.17) is 17.3 Å². The number of nitrogens with two attached hydrogens (primary N) is 1. The Labute approximate surface area is 92.3 Å². The molecule has 0 radical (unpaired) electrons. The first-order valence-corrected chi connectivity index (χ1v) is 6.13. The number of sulfonamides is 1. The quantitative estimate of drug-likeness (QED) is 0.751. The number of carbonyl (C=O) groups is 1. The molecule has 0 heterocycles. The number of amides is 1. The fraction of sp³-hybridized carbons (Fsp3) is 0.125. The van der Waals surface area contributed by atoms with Crippen LogP contribution in [0.25, 0.3) is 0 Å². The van der Waals surface area contributed by atoms with Crippen molar-refractivity contribution in [1.82, 2.24) is 4.72 Å². The third-order valence-electron chi connectivity index (χ3n) is 1.54. The van der Waals surface area contributed by atoms with Gasteiger partial charge in [0.25, 0.3) is 5.91 Å². The molecule has 0 aliphatic rings. The van der Waals surface area contributed by atoms with Crippen molar-refractivity contribution in [3.8, 4) is 0 Å². The number of halogens is 1. The van der Waals surface area contributed by atoms with Gasteiger partial charge in [0.2, 0.25) is 10.0 Å². The van der Waals surface area contributed by atoms with Crippen molar-refractivity contribution in [2.24, 2.45) is 0 Å². The minimum absolute atomic E-state index is 0.139. The molecule has 5 nitrogen and oxygen atoms in total. The molecule has 7 heteroatoms. The van der Waals surface area contributed by atoms with Gasteiger partial charge >= 0.3 is 0 Å². The molecule has 15 heavy (non-hydrogen) atoms. The Morgan fingerprint density at radius 3 is 2.53 bits per heavy atom. The van der Waals surface area contributed by atoms with Crippen LogP contribution in [0.15, 0.2) is 18.2 Å². The topological polar surface area (TPSA) is 89.3 Å². The molecular formula is C8H9ClN2O3S. The summed E-state index contributed by atoms with van der Waals surface area (Å²) in [7, 11) is -3.57. The fourth-order valence-electron chi connectivity index (χ4n) is 0.896. The van der Waals surface area contributed by atoms with E-state index in [0.29, 0.717) is 5.69 Å². The molecule has 0 saturated carbocycles. The van der Waals surface area contributed by atoms with Gasteiger partial charge in [-0.3, -0.25) is 4.79 Å². The normalized spacial score (nSPS) is 11.1. The lowest BCUT2D eigenvalue weighted by Gasteiger charge is -2.04. The fourth-order valence-corrected chi connectivity index (χ4v) is 1.53. The third kappa shape index (κ3) is 3.41. The molecule has 1 rings (SSSR count). The number of benzene rings is 1. The Morgan fingerprint density at radius 2 is 2.07 bits per heavy atom. The van der Waals surface area contributed by atoms with Crippen molar-refractivity contribution in [1.29, 1.82) is 0 Å².